The van der Waals surface area contributed by atoms with Gasteiger partial charge in [-0.3, -0.25) is 4.79 Å². The van der Waals surface area contributed by atoms with Crippen LogP contribution in [-0.4, -0.2) is 43.1 Å². The third-order valence-electron chi connectivity index (χ3n) is 8.72. The molecule has 6 nitrogen and oxygen atoms in total. The van der Waals surface area contributed by atoms with Gasteiger partial charge in [0.1, 0.15) is 11.7 Å². The third kappa shape index (κ3) is 2.32. The van der Waals surface area contributed by atoms with E-state index in [2.05, 4.69) is 12.2 Å². The number of carbonyl (C=O) groups is 2. The number of rotatable bonds is 2. The Bertz CT molecular complexity index is 783. The van der Waals surface area contributed by atoms with Crippen LogP contribution in [0.3, 0.4) is 0 Å². The Balaban J connectivity index is 1.30. The molecule has 0 aromatic heterocycles. The van der Waals surface area contributed by atoms with Crippen LogP contribution in [0.15, 0.2) is 12.2 Å². The zero-order chi connectivity index (χ0) is 20.2. The first-order valence-corrected chi connectivity index (χ1v) is 11.1. The molecule has 5 fully saturated rings. The molecule has 6 bridgehead atoms. The van der Waals surface area contributed by atoms with Crippen LogP contribution < -0.4 is 0 Å². The second-order valence-electron chi connectivity index (χ2n) is 11.0. The topological polar surface area (TPSA) is 71.1 Å². The predicted octanol–water partition coefficient (Wildman–Crippen LogP) is 3.20. The van der Waals surface area contributed by atoms with Gasteiger partial charge in [0.15, 0.2) is 0 Å². The van der Waals surface area contributed by atoms with Crippen LogP contribution in [0.1, 0.15) is 33.6 Å². The lowest BCUT2D eigenvalue weighted by molar-refractivity contribution is -0.157. The maximum atomic E-state index is 12.7. The Morgan fingerprint density at radius 2 is 1.55 bits per heavy atom. The zero-order valence-corrected chi connectivity index (χ0v) is 17.4. The van der Waals surface area contributed by atoms with Crippen molar-refractivity contribution in [2.24, 2.45) is 53.3 Å². The average molecular weight is 402 g/mol. The Kier molecular flexibility index (Phi) is 3.63. The molecular weight excluding hydrogens is 372 g/mol. The summed E-state index contributed by atoms with van der Waals surface area (Å²) in [6.45, 7) is 5.44. The molecule has 3 saturated carbocycles. The van der Waals surface area contributed by atoms with E-state index in [0.29, 0.717) is 35.5 Å². The highest BCUT2D eigenvalue weighted by molar-refractivity contribution is 5.75. The van der Waals surface area contributed by atoms with Gasteiger partial charge in [0.25, 0.3) is 0 Å². The van der Waals surface area contributed by atoms with E-state index in [9.17, 15) is 9.59 Å². The molecule has 0 spiro atoms. The summed E-state index contributed by atoms with van der Waals surface area (Å²) in [7, 11) is 1.42. The fourth-order valence-electron chi connectivity index (χ4n) is 8.25. The van der Waals surface area contributed by atoms with Crippen molar-refractivity contribution in [3.63, 3.8) is 0 Å². The number of methoxy groups -OCH3 is 1. The van der Waals surface area contributed by atoms with Crippen molar-refractivity contribution in [2.45, 2.75) is 57.5 Å². The van der Waals surface area contributed by atoms with E-state index in [1.165, 1.54) is 13.5 Å². The molecule has 12 atom stereocenters. The molecule has 158 valence electrons. The molecule has 0 amide bonds. The Morgan fingerprint density at radius 3 is 2.14 bits per heavy atom. The number of hydrogen-bond donors (Lipinski definition) is 0. The molecule has 4 aliphatic carbocycles. The molecule has 6 heteroatoms. The largest absolute Gasteiger partial charge is 0.509 e. The minimum Gasteiger partial charge on any atom is -0.469 e. The maximum Gasteiger partial charge on any atom is 0.509 e. The molecule has 12 unspecified atom stereocenters. The van der Waals surface area contributed by atoms with E-state index >= 15 is 0 Å². The van der Waals surface area contributed by atoms with Crippen LogP contribution >= 0.6 is 0 Å². The van der Waals surface area contributed by atoms with Crippen molar-refractivity contribution < 1.29 is 28.5 Å². The van der Waals surface area contributed by atoms with Gasteiger partial charge in [0, 0.05) is 5.92 Å². The molecule has 6 rings (SSSR count). The van der Waals surface area contributed by atoms with Crippen molar-refractivity contribution in [3.05, 3.63) is 12.2 Å². The summed E-state index contributed by atoms with van der Waals surface area (Å²) >= 11 is 0. The highest BCUT2D eigenvalue weighted by atomic mass is 16.7. The van der Waals surface area contributed by atoms with Crippen molar-refractivity contribution in [2.75, 3.05) is 7.11 Å². The van der Waals surface area contributed by atoms with Crippen LogP contribution in [-0.2, 0) is 23.7 Å². The molecule has 0 aromatic carbocycles. The lowest BCUT2D eigenvalue weighted by Gasteiger charge is -2.44. The van der Waals surface area contributed by atoms with Crippen molar-refractivity contribution in [3.8, 4) is 0 Å². The summed E-state index contributed by atoms with van der Waals surface area (Å²) in [4.78, 5) is 25.2. The van der Waals surface area contributed by atoms with E-state index in [4.69, 9.17) is 18.9 Å². The molecule has 2 heterocycles. The number of hydrogen-bond acceptors (Lipinski definition) is 6. The average Bonchev–Trinajstić information content (AvgIpc) is 3.43. The second-order valence-corrected chi connectivity index (χ2v) is 11.0. The number of esters is 1. The van der Waals surface area contributed by atoms with Gasteiger partial charge < -0.3 is 18.9 Å². The first kappa shape index (κ1) is 18.2. The highest BCUT2D eigenvalue weighted by Crippen LogP contribution is 2.72. The van der Waals surface area contributed by atoms with Gasteiger partial charge in [-0.2, -0.15) is 0 Å². The number of carbonyl (C=O) groups excluding carboxylic acids is 2. The Hall–Kier alpha value is -1.56. The minimum absolute atomic E-state index is 0.153. The normalized spacial score (nSPS) is 52.6. The van der Waals surface area contributed by atoms with Crippen LogP contribution in [0.2, 0.25) is 0 Å². The Labute approximate surface area is 171 Å². The van der Waals surface area contributed by atoms with Gasteiger partial charge >= 0.3 is 12.1 Å². The fraction of sp³-hybridized carbons (Fsp3) is 0.826. The van der Waals surface area contributed by atoms with Gasteiger partial charge in [-0.05, 0) is 75.0 Å². The quantitative estimate of drug-likeness (QED) is 0.522. The SMILES string of the molecule is COC(=O)C1C2CC(C1OC(=O)OC(C)(C)C)C1C3OC(C4C5C=CC(C5)C34)C21. The molecule has 2 aliphatic heterocycles. The summed E-state index contributed by atoms with van der Waals surface area (Å²) in [5, 5.41) is 0. The van der Waals surface area contributed by atoms with Gasteiger partial charge in [0.2, 0.25) is 0 Å². The van der Waals surface area contributed by atoms with Crippen molar-refractivity contribution >= 4 is 12.1 Å². The summed E-state index contributed by atoms with van der Waals surface area (Å²) < 4.78 is 23.0. The molecule has 2 saturated heterocycles. The molecular formula is C23H30O6. The van der Waals surface area contributed by atoms with Gasteiger partial charge in [-0.15, -0.1) is 0 Å². The number of fused-ring (bicyclic) bond motifs is 16. The van der Waals surface area contributed by atoms with Gasteiger partial charge in [0.05, 0.1) is 25.2 Å². The Morgan fingerprint density at radius 1 is 0.931 bits per heavy atom. The van der Waals surface area contributed by atoms with E-state index in [1.54, 1.807) is 0 Å². The minimum atomic E-state index is -0.690. The summed E-state index contributed by atoms with van der Waals surface area (Å²) in [6.07, 6.45) is 6.30. The van der Waals surface area contributed by atoms with Crippen LogP contribution in [0.5, 0.6) is 0 Å². The fourth-order valence-corrected chi connectivity index (χ4v) is 8.25. The van der Waals surface area contributed by atoms with Gasteiger partial charge in [-0.1, -0.05) is 12.2 Å². The number of ether oxygens (including phenoxy) is 4. The first-order valence-electron chi connectivity index (χ1n) is 11.1. The van der Waals surface area contributed by atoms with Gasteiger partial charge in [-0.25, -0.2) is 4.79 Å². The molecule has 0 aromatic rings. The van der Waals surface area contributed by atoms with Crippen molar-refractivity contribution in [1.82, 2.24) is 0 Å². The third-order valence-corrected chi connectivity index (χ3v) is 8.72. The van der Waals surface area contributed by atoms with Crippen LogP contribution in [0, 0.1) is 53.3 Å². The lowest BCUT2D eigenvalue weighted by Crippen LogP contribution is -2.52. The molecule has 6 aliphatic rings. The second kappa shape index (κ2) is 5.77. The van der Waals surface area contributed by atoms with Crippen LogP contribution in [0.4, 0.5) is 4.79 Å². The number of allylic oxidation sites excluding steroid dienone is 2. The summed E-state index contributed by atoms with van der Waals surface area (Å²) in [5.74, 6) is 2.92. The van der Waals surface area contributed by atoms with Crippen LogP contribution in [0.25, 0.3) is 0 Å². The smallest absolute Gasteiger partial charge is 0.469 e. The first-order chi connectivity index (χ1) is 13.8. The van der Waals surface area contributed by atoms with Crippen molar-refractivity contribution in [1.29, 1.82) is 0 Å². The zero-order valence-electron chi connectivity index (χ0n) is 17.4. The summed E-state index contributed by atoms with van der Waals surface area (Å²) in [6, 6.07) is 0. The predicted molar refractivity (Wildman–Crippen MR) is 102 cm³/mol. The summed E-state index contributed by atoms with van der Waals surface area (Å²) in [5.41, 5.74) is -0.629. The van der Waals surface area contributed by atoms with E-state index in [1.807, 2.05) is 20.8 Å². The molecule has 0 N–H and O–H groups in total. The highest BCUT2D eigenvalue weighted by Gasteiger charge is 2.75. The lowest BCUT2D eigenvalue weighted by atomic mass is 9.59. The standard InChI is InChI=1S/C23H30O6/c1-23(2,3)29-22(25)28-18-12-8-11(17(18)21(24)26-4)15-16(12)20-14-10-6-5-9(7-10)13(14)19(15)27-20/h5-6,9-20H,7-8H2,1-4H3. The molecule has 29 heavy (non-hydrogen) atoms. The molecule has 0 radical (unpaired) electrons. The maximum absolute atomic E-state index is 12.7. The van der Waals surface area contributed by atoms with E-state index in [-0.39, 0.29) is 30.0 Å². The van der Waals surface area contributed by atoms with E-state index < -0.39 is 23.8 Å². The van der Waals surface area contributed by atoms with E-state index in [0.717, 1.165) is 6.42 Å². The monoisotopic (exact) mass is 402 g/mol.